The molecule has 0 fully saturated rings. The molecule has 0 saturated carbocycles. The smallest absolute Gasteiger partial charge is 0.0897 e. The van der Waals surface area contributed by atoms with Crippen LogP contribution in [0.2, 0.25) is 0 Å². The summed E-state index contributed by atoms with van der Waals surface area (Å²) in [7, 11) is 0. The molecule has 0 aromatic heterocycles. The maximum absolute atomic E-state index is 9.59. The molecule has 0 spiro atoms. The predicted molar refractivity (Wildman–Crippen MR) is 71.8 cm³/mol. The maximum atomic E-state index is 9.59. The van der Waals surface area contributed by atoms with Gasteiger partial charge in [0.25, 0.3) is 0 Å². The third-order valence-corrected chi connectivity index (χ3v) is 2.36. The average molecular weight is 241 g/mol. The van der Waals surface area contributed by atoms with Crippen LogP contribution >= 0.6 is 0 Å². The van der Waals surface area contributed by atoms with Gasteiger partial charge in [-0.15, -0.1) is 11.8 Å². The van der Waals surface area contributed by atoms with E-state index in [0.717, 1.165) is 31.9 Å². The number of aliphatic hydroxyl groups excluding tert-OH is 1. The second-order valence-corrected chi connectivity index (χ2v) is 4.65. The van der Waals surface area contributed by atoms with Crippen LogP contribution in [0.5, 0.6) is 0 Å². The SMILES string of the molecule is CC#CCCNCC(O)COCCCC(C)C. The molecular weight excluding hydrogens is 214 g/mol. The third kappa shape index (κ3) is 13.4. The molecule has 2 N–H and O–H groups in total. The molecular formula is C14H27NO2. The van der Waals surface area contributed by atoms with Crippen molar-refractivity contribution in [1.82, 2.24) is 5.32 Å². The van der Waals surface area contributed by atoms with E-state index in [0.29, 0.717) is 13.2 Å². The van der Waals surface area contributed by atoms with E-state index < -0.39 is 6.10 Å². The van der Waals surface area contributed by atoms with Crippen molar-refractivity contribution in [3.8, 4) is 11.8 Å². The van der Waals surface area contributed by atoms with E-state index in [2.05, 4.69) is 31.0 Å². The van der Waals surface area contributed by atoms with Gasteiger partial charge in [0.2, 0.25) is 0 Å². The minimum absolute atomic E-state index is 0.413. The van der Waals surface area contributed by atoms with Crippen LogP contribution in [0.15, 0.2) is 0 Å². The van der Waals surface area contributed by atoms with Gasteiger partial charge >= 0.3 is 0 Å². The molecule has 17 heavy (non-hydrogen) atoms. The molecule has 0 heterocycles. The highest BCUT2D eigenvalue weighted by Crippen LogP contribution is 2.03. The van der Waals surface area contributed by atoms with Crippen molar-refractivity contribution >= 4 is 0 Å². The van der Waals surface area contributed by atoms with Crippen molar-refractivity contribution in [1.29, 1.82) is 0 Å². The Kier molecular flexibility index (Phi) is 11.5. The van der Waals surface area contributed by atoms with E-state index in [1.54, 1.807) is 0 Å². The number of aliphatic hydroxyl groups is 1. The molecule has 0 amide bonds. The lowest BCUT2D eigenvalue weighted by molar-refractivity contribution is 0.0350. The molecule has 0 aromatic rings. The summed E-state index contributed by atoms with van der Waals surface area (Å²) in [6.07, 6.45) is 2.68. The summed E-state index contributed by atoms with van der Waals surface area (Å²) in [6, 6.07) is 0. The van der Waals surface area contributed by atoms with Crippen LogP contribution in [0.1, 0.15) is 40.0 Å². The molecule has 0 saturated heterocycles. The molecule has 0 aliphatic heterocycles. The highest BCUT2D eigenvalue weighted by atomic mass is 16.5. The first-order valence-corrected chi connectivity index (χ1v) is 6.53. The van der Waals surface area contributed by atoms with Crippen molar-refractivity contribution in [2.45, 2.75) is 46.1 Å². The van der Waals surface area contributed by atoms with Crippen molar-refractivity contribution in [2.24, 2.45) is 5.92 Å². The van der Waals surface area contributed by atoms with E-state index in [1.165, 1.54) is 6.42 Å². The minimum Gasteiger partial charge on any atom is -0.389 e. The highest BCUT2D eigenvalue weighted by molar-refractivity contribution is 4.95. The molecule has 3 heteroatoms. The van der Waals surface area contributed by atoms with Crippen LogP contribution in [0.4, 0.5) is 0 Å². The van der Waals surface area contributed by atoms with Gasteiger partial charge in [-0.3, -0.25) is 0 Å². The first-order valence-electron chi connectivity index (χ1n) is 6.53. The lowest BCUT2D eigenvalue weighted by Crippen LogP contribution is -2.31. The molecule has 0 radical (unpaired) electrons. The molecule has 1 unspecified atom stereocenters. The highest BCUT2D eigenvalue weighted by Gasteiger charge is 2.03. The summed E-state index contributed by atoms with van der Waals surface area (Å²) in [4.78, 5) is 0. The number of rotatable bonds is 10. The topological polar surface area (TPSA) is 41.5 Å². The van der Waals surface area contributed by atoms with Gasteiger partial charge in [0.05, 0.1) is 12.7 Å². The number of hydrogen-bond donors (Lipinski definition) is 2. The molecule has 0 aliphatic carbocycles. The molecule has 100 valence electrons. The zero-order valence-electron chi connectivity index (χ0n) is 11.5. The van der Waals surface area contributed by atoms with Gasteiger partial charge in [-0.05, 0) is 25.7 Å². The Morgan fingerprint density at radius 3 is 2.76 bits per heavy atom. The normalized spacial score (nSPS) is 12.3. The summed E-state index contributed by atoms with van der Waals surface area (Å²) in [5, 5.41) is 12.7. The van der Waals surface area contributed by atoms with Crippen molar-refractivity contribution in [3.63, 3.8) is 0 Å². The Hall–Kier alpha value is -0.560. The molecule has 3 nitrogen and oxygen atoms in total. The first-order chi connectivity index (χ1) is 8.16. The van der Waals surface area contributed by atoms with Gasteiger partial charge in [-0.25, -0.2) is 0 Å². The van der Waals surface area contributed by atoms with E-state index in [9.17, 15) is 5.11 Å². The van der Waals surface area contributed by atoms with Gasteiger partial charge in [-0.2, -0.15) is 0 Å². The quantitative estimate of drug-likeness (QED) is 0.453. The second kappa shape index (κ2) is 11.9. The van der Waals surface area contributed by atoms with E-state index >= 15 is 0 Å². The number of nitrogens with one attached hydrogen (secondary N) is 1. The third-order valence-electron chi connectivity index (χ3n) is 2.36. The van der Waals surface area contributed by atoms with Crippen LogP contribution in [0, 0.1) is 17.8 Å². The number of ether oxygens (including phenoxy) is 1. The van der Waals surface area contributed by atoms with E-state index in [1.807, 2.05) is 6.92 Å². The Morgan fingerprint density at radius 2 is 2.12 bits per heavy atom. The molecule has 0 aliphatic rings. The first kappa shape index (κ1) is 16.4. The van der Waals surface area contributed by atoms with Gasteiger partial charge in [-0.1, -0.05) is 13.8 Å². The average Bonchev–Trinajstić information content (AvgIpc) is 2.28. The second-order valence-electron chi connectivity index (χ2n) is 4.65. The maximum Gasteiger partial charge on any atom is 0.0897 e. The molecule has 0 aromatic carbocycles. The summed E-state index contributed by atoms with van der Waals surface area (Å²) in [5.74, 6) is 6.53. The summed E-state index contributed by atoms with van der Waals surface area (Å²) in [5.41, 5.74) is 0. The number of hydrogen-bond acceptors (Lipinski definition) is 3. The standard InChI is InChI=1S/C14H27NO2/c1-4-5-6-9-15-11-14(16)12-17-10-7-8-13(2)3/h13-16H,6-12H2,1-3H3. The van der Waals surface area contributed by atoms with Gasteiger partial charge < -0.3 is 15.2 Å². The van der Waals surface area contributed by atoms with Crippen molar-refractivity contribution < 1.29 is 9.84 Å². The zero-order valence-corrected chi connectivity index (χ0v) is 11.5. The zero-order chi connectivity index (χ0) is 12.9. The van der Waals surface area contributed by atoms with Gasteiger partial charge in [0.1, 0.15) is 0 Å². The van der Waals surface area contributed by atoms with Crippen LogP contribution < -0.4 is 5.32 Å². The van der Waals surface area contributed by atoms with Gasteiger partial charge in [0, 0.05) is 26.1 Å². The molecule has 0 rings (SSSR count). The fourth-order valence-electron chi connectivity index (χ4n) is 1.42. The monoisotopic (exact) mass is 241 g/mol. The minimum atomic E-state index is -0.413. The Bertz CT molecular complexity index is 218. The Labute approximate surface area is 106 Å². The Morgan fingerprint density at radius 1 is 1.35 bits per heavy atom. The van der Waals surface area contributed by atoms with Crippen LogP contribution in [0.3, 0.4) is 0 Å². The summed E-state index contributed by atoms with van der Waals surface area (Å²) in [6.45, 7) is 8.82. The largest absolute Gasteiger partial charge is 0.389 e. The van der Waals surface area contributed by atoms with E-state index in [-0.39, 0.29) is 0 Å². The summed E-state index contributed by atoms with van der Waals surface area (Å²) >= 11 is 0. The fourth-order valence-corrected chi connectivity index (χ4v) is 1.42. The lowest BCUT2D eigenvalue weighted by atomic mass is 10.1. The van der Waals surface area contributed by atoms with Crippen LogP contribution in [0.25, 0.3) is 0 Å². The Balaban J connectivity index is 3.22. The van der Waals surface area contributed by atoms with Gasteiger partial charge in [0.15, 0.2) is 0 Å². The van der Waals surface area contributed by atoms with Crippen LogP contribution in [-0.4, -0.2) is 37.5 Å². The lowest BCUT2D eigenvalue weighted by Gasteiger charge is -2.12. The van der Waals surface area contributed by atoms with Crippen molar-refractivity contribution in [2.75, 3.05) is 26.3 Å². The molecule has 1 atom stereocenters. The van der Waals surface area contributed by atoms with E-state index in [4.69, 9.17) is 4.74 Å². The van der Waals surface area contributed by atoms with Crippen LogP contribution in [-0.2, 0) is 4.74 Å². The molecule has 0 bridgehead atoms. The predicted octanol–water partition coefficient (Wildman–Crippen LogP) is 1.80. The van der Waals surface area contributed by atoms with Crippen molar-refractivity contribution in [3.05, 3.63) is 0 Å². The summed E-state index contributed by atoms with van der Waals surface area (Å²) < 4.78 is 5.41. The fraction of sp³-hybridized carbons (Fsp3) is 0.857.